The van der Waals surface area contributed by atoms with Crippen LogP contribution in [-0.4, -0.2) is 26.7 Å². The van der Waals surface area contributed by atoms with Crippen molar-refractivity contribution in [1.82, 2.24) is 0 Å². The third-order valence-electron chi connectivity index (χ3n) is 0.943. The van der Waals surface area contributed by atoms with Crippen molar-refractivity contribution >= 4 is 25.7 Å². The van der Waals surface area contributed by atoms with E-state index in [-0.39, 0.29) is 18.8 Å². The Morgan fingerprint density at radius 2 is 2.17 bits per heavy atom. The van der Waals surface area contributed by atoms with Crippen molar-refractivity contribution < 1.29 is 17.9 Å². The summed E-state index contributed by atoms with van der Waals surface area (Å²) in [5.41, 5.74) is 0. The summed E-state index contributed by atoms with van der Waals surface area (Å²) < 4.78 is 25.2. The van der Waals surface area contributed by atoms with Gasteiger partial charge in [0.05, 0.1) is 12.4 Å². The molecule has 0 N–H and O–H groups in total. The van der Waals surface area contributed by atoms with Crippen LogP contribution in [0.15, 0.2) is 12.7 Å². The number of hydrogen-bond acceptors (Lipinski definition) is 4. The molecule has 0 rings (SSSR count). The highest BCUT2D eigenvalue weighted by molar-refractivity contribution is 8.13. The number of carbonyl (C=O) groups is 1. The Morgan fingerprint density at radius 3 is 2.58 bits per heavy atom. The molecule has 0 bridgehead atoms. The number of ether oxygens (including phenoxy) is 1. The van der Waals surface area contributed by atoms with E-state index in [0.29, 0.717) is 0 Å². The molecule has 0 amide bonds. The van der Waals surface area contributed by atoms with Gasteiger partial charge in [-0.25, -0.2) is 13.2 Å². The Labute approximate surface area is 75.6 Å². The second-order valence-corrected chi connectivity index (χ2v) is 4.86. The van der Waals surface area contributed by atoms with E-state index in [4.69, 9.17) is 10.7 Å². The summed E-state index contributed by atoms with van der Waals surface area (Å²) in [6, 6.07) is 0. The lowest BCUT2D eigenvalue weighted by Gasteiger charge is -1.98. The molecular formula is C6H9ClO4S. The van der Waals surface area contributed by atoms with Gasteiger partial charge in [-0.1, -0.05) is 6.58 Å². The van der Waals surface area contributed by atoms with Gasteiger partial charge in [0, 0.05) is 16.8 Å². The van der Waals surface area contributed by atoms with Crippen molar-refractivity contribution in [2.75, 3.05) is 12.4 Å². The standard InChI is InChI=1S/C6H9ClO4S/c1-2-6(8)11-4-3-5-12(7,9)10/h2H,1,3-5H2. The predicted molar refractivity (Wildman–Crippen MR) is 45.4 cm³/mol. The summed E-state index contributed by atoms with van der Waals surface area (Å²) in [5.74, 6) is -0.763. The fraction of sp³-hybridized carbons (Fsp3) is 0.500. The summed E-state index contributed by atoms with van der Waals surface area (Å²) >= 11 is 0. The number of rotatable bonds is 5. The van der Waals surface area contributed by atoms with Gasteiger partial charge in [0.25, 0.3) is 0 Å². The Hall–Kier alpha value is -0.550. The van der Waals surface area contributed by atoms with E-state index in [1.807, 2.05) is 0 Å². The summed E-state index contributed by atoms with van der Waals surface area (Å²) in [6.07, 6.45) is 1.21. The zero-order chi connectivity index (χ0) is 9.61. The molecule has 0 saturated carbocycles. The van der Waals surface area contributed by atoms with Crippen LogP contribution in [0.5, 0.6) is 0 Å². The van der Waals surface area contributed by atoms with Gasteiger partial charge in [0.15, 0.2) is 0 Å². The van der Waals surface area contributed by atoms with Gasteiger partial charge in [-0.3, -0.25) is 0 Å². The van der Waals surface area contributed by atoms with Gasteiger partial charge in [0.2, 0.25) is 9.05 Å². The van der Waals surface area contributed by atoms with Crippen molar-refractivity contribution in [3.8, 4) is 0 Å². The highest BCUT2D eigenvalue weighted by Crippen LogP contribution is 1.98. The first-order valence-corrected chi connectivity index (χ1v) is 5.65. The first-order valence-electron chi connectivity index (χ1n) is 3.17. The number of hydrogen-bond donors (Lipinski definition) is 0. The molecule has 0 aromatic rings. The quantitative estimate of drug-likeness (QED) is 0.291. The Balaban J connectivity index is 3.47. The van der Waals surface area contributed by atoms with Crippen LogP contribution in [0.2, 0.25) is 0 Å². The largest absolute Gasteiger partial charge is 0.463 e. The average molecular weight is 213 g/mol. The fourth-order valence-corrected chi connectivity index (χ4v) is 1.25. The van der Waals surface area contributed by atoms with Crippen molar-refractivity contribution in [3.05, 3.63) is 12.7 Å². The van der Waals surface area contributed by atoms with E-state index < -0.39 is 15.0 Å². The van der Waals surface area contributed by atoms with Crippen LogP contribution in [-0.2, 0) is 18.6 Å². The Kier molecular flexibility index (Phi) is 4.92. The minimum Gasteiger partial charge on any atom is -0.463 e. The molecule has 0 heterocycles. The number of esters is 1. The van der Waals surface area contributed by atoms with Crippen LogP contribution in [0.4, 0.5) is 0 Å². The minimum absolute atomic E-state index is 0.0385. The predicted octanol–water partition coefficient (Wildman–Crippen LogP) is 0.674. The van der Waals surface area contributed by atoms with Gasteiger partial charge in [-0.15, -0.1) is 0 Å². The van der Waals surface area contributed by atoms with Crippen LogP contribution in [0.3, 0.4) is 0 Å². The van der Waals surface area contributed by atoms with E-state index in [0.717, 1.165) is 6.08 Å². The second kappa shape index (κ2) is 5.16. The first kappa shape index (κ1) is 11.4. The lowest BCUT2D eigenvalue weighted by molar-refractivity contribution is -0.137. The molecule has 70 valence electrons. The molecule has 12 heavy (non-hydrogen) atoms. The normalized spacial score (nSPS) is 10.8. The molecule has 4 nitrogen and oxygen atoms in total. The summed E-state index contributed by atoms with van der Waals surface area (Å²) in [6.45, 7) is 3.21. The van der Waals surface area contributed by atoms with Crippen LogP contribution >= 0.6 is 10.7 Å². The van der Waals surface area contributed by atoms with Crippen molar-refractivity contribution in [2.24, 2.45) is 0 Å². The van der Waals surface area contributed by atoms with E-state index in [1.165, 1.54) is 0 Å². The molecular weight excluding hydrogens is 204 g/mol. The first-order chi connectivity index (χ1) is 5.45. The van der Waals surface area contributed by atoms with Crippen molar-refractivity contribution in [1.29, 1.82) is 0 Å². The zero-order valence-corrected chi connectivity index (χ0v) is 7.90. The SMILES string of the molecule is C=CC(=O)OCCCS(=O)(=O)Cl. The monoisotopic (exact) mass is 212 g/mol. The number of carbonyl (C=O) groups excluding carboxylic acids is 1. The molecule has 0 aromatic carbocycles. The topological polar surface area (TPSA) is 60.4 Å². The highest BCUT2D eigenvalue weighted by Gasteiger charge is 2.04. The molecule has 6 heteroatoms. The lowest BCUT2D eigenvalue weighted by atomic mass is 10.5. The third-order valence-corrected chi connectivity index (χ3v) is 2.18. The van der Waals surface area contributed by atoms with Crippen molar-refractivity contribution in [3.63, 3.8) is 0 Å². The van der Waals surface area contributed by atoms with Crippen LogP contribution in [0, 0.1) is 0 Å². The van der Waals surface area contributed by atoms with Gasteiger partial charge >= 0.3 is 5.97 Å². The molecule has 0 unspecified atom stereocenters. The maximum Gasteiger partial charge on any atom is 0.330 e. The van der Waals surface area contributed by atoms with Crippen LogP contribution in [0.1, 0.15) is 6.42 Å². The van der Waals surface area contributed by atoms with E-state index in [2.05, 4.69) is 11.3 Å². The maximum absolute atomic E-state index is 10.4. The molecule has 0 aromatic heterocycles. The van der Waals surface area contributed by atoms with Crippen molar-refractivity contribution in [2.45, 2.75) is 6.42 Å². The molecule has 0 spiro atoms. The Morgan fingerprint density at radius 1 is 1.58 bits per heavy atom. The van der Waals surface area contributed by atoms with Gasteiger partial charge in [0.1, 0.15) is 0 Å². The fourth-order valence-electron chi connectivity index (χ4n) is 0.463. The Bertz CT molecular complexity index is 257. The molecule has 0 saturated heterocycles. The lowest BCUT2D eigenvalue weighted by Crippen LogP contribution is -2.06. The molecule has 0 aliphatic heterocycles. The van der Waals surface area contributed by atoms with E-state index in [9.17, 15) is 13.2 Å². The highest BCUT2D eigenvalue weighted by atomic mass is 35.7. The van der Waals surface area contributed by atoms with Crippen LogP contribution < -0.4 is 0 Å². The zero-order valence-electron chi connectivity index (χ0n) is 6.32. The number of halogens is 1. The molecule has 0 aliphatic carbocycles. The summed E-state index contributed by atoms with van der Waals surface area (Å²) in [5, 5.41) is 0. The maximum atomic E-state index is 10.4. The van der Waals surface area contributed by atoms with E-state index in [1.54, 1.807) is 0 Å². The molecule has 0 aliphatic rings. The molecule has 0 atom stereocenters. The third kappa shape index (κ3) is 7.56. The second-order valence-electron chi connectivity index (χ2n) is 1.97. The summed E-state index contributed by atoms with van der Waals surface area (Å²) in [4.78, 5) is 10.4. The van der Waals surface area contributed by atoms with E-state index >= 15 is 0 Å². The molecule has 0 radical (unpaired) electrons. The van der Waals surface area contributed by atoms with Crippen LogP contribution in [0.25, 0.3) is 0 Å². The smallest absolute Gasteiger partial charge is 0.330 e. The van der Waals surface area contributed by atoms with Gasteiger partial charge < -0.3 is 4.74 Å². The molecule has 0 fully saturated rings. The van der Waals surface area contributed by atoms with Gasteiger partial charge in [-0.2, -0.15) is 0 Å². The average Bonchev–Trinajstić information content (AvgIpc) is 1.96. The minimum atomic E-state index is -3.47. The van der Waals surface area contributed by atoms with Gasteiger partial charge in [-0.05, 0) is 6.42 Å². The summed E-state index contributed by atoms with van der Waals surface area (Å²) in [7, 11) is 1.42.